The third-order valence-electron chi connectivity index (χ3n) is 5.13. The SMILES string of the molecule is CCCCC1=C2NC(N)=[NH+][C@H]3CC[C@@H](C[C@@H]1C)[C@@H]23. The van der Waals surface area contributed by atoms with Crippen LogP contribution in [0.5, 0.6) is 0 Å². The van der Waals surface area contributed by atoms with Crippen LogP contribution in [-0.2, 0) is 0 Å². The lowest BCUT2D eigenvalue weighted by atomic mass is 9.72. The maximum Gasteiger partial charge on any atom is 0.346 e. The first-order chi connectivity index (χ1) is 8.70. The van der Waals surface area contributed by atoms with Crippen LogP contribution >= 0.6 is 0 Å². The van der Waals surface area contributed by atoms with Crippen LogP contribution in [0.3, 0.4) is 0 Å². The lowest BCUT2D eigenvalue weighted by molar-refractivity contribution is -0.516. The molecule has 3 rings (SSSR count). The summed E-state index contributed by atoms with van der Waals surface area (Å²) < 4.78 is 0. The van der Waals surface area contributed by atoms with Crippen LogP contribution in [0.2, 0.25) is 0 Å². The van der Waals surface area contributed by atoms with E-state index in [2.05, 4.69) is 24.2 Å². The molecule has 18 heavy (non-hydrogen) atoms. The van der Waals surface area contributed by atoms with Crippen LogP contribution in [0.1, 0.15) is 52.4 Å². The summed E-state index contributed by atoms with van der Waals surface area (Å²) >= 11 is 0. The molecule has 0 aromatic rings. The van der Waals surface area contributed by atoms with Crippen LogP contribution in [0.4, 0.5) is 0 Å². The second-order valence-corrected chi connectivity index (χ2v) is 6.33. The van der Waals surface area contributed by atoms with E-state index in [-0.39, 0.29) is 0 Å². The molecule has 0 aromatic heterocycles. The fourth-order valence-electron chi connectivity index (χ4n) is 4.31. The Hall–Kier alpha value is -0.990. The Bertz CT molecular complexity index is 397. The molecule has 100 valence electrons. The number of hydrogen-bond donors (Lipinski definition) is 3. The molecule has 4 N–H and O–H groups in total. The smallest absolute Gasteiger partial charge is 0.291 e. The number of unbranched alkanes of at least 4 members (excludes halogenated alkanes) is 1. The zero-order chi connectivity index (χ0) is 12.7. The molecule has 3 nitrogen and oxygen atoms in total. The van der Waals surface area contributed by atoms with Gasteiger partial charge in [-0.2, -0.15) is 0 Å². The minimum absolute atomic E-state index is 0.593. The Labute approximate surface area is 110 Å². The third kappa shape index (κ3) is 1.84. The van der Waals surface area contributed by atoms with Crippen molar-refractivity contribution in [1.82, 2.24) is 5.32 Å². The first-order valence-electron chi connectivity index (χ1n) is 7.59. The van der Waals surface area contributed by atoms with E-state index in [1.54, 1.807) is 5.57 Å². The van der Waals surface area contributed by atoms with E-state index in [9.17, 15) is 0 Å². The molecule has 3 heteroatoms. The summed E-state index contributed by atoms with van der Waals surface area (Å²) in [5.74, 6) is 3.10. The first-order valence-corrected chi connectivity index (χ1v) is 7.59. The highest BCUT2D eigenvalue weighted by molar-refractivity contribution is 5.75. The van der Waals surface area contributed by atoms with Gasteiger partial charge in [0, 0.05) is 5.92 Å². The highest BCUT2D eigenvalue weighted by Crippen LogP contribution is 2.46. The quantitative estimate of drug-likeness (QED) is 0.694. The van der Waals surface area contributed by atoms with E-state index < -0.39 is 0 Å². The lowest BCUT2D eigenvalue weighted by Crippen LogP contribution is -2.88. The maximum absolute atomic E-state index is 6.02. The van der Waals surface area contributed by atoms with Gasteiger partial charge in [0.05, 0.1) is 11.7 Å². The summed E-state index contributed by atoms with van der Waals surface area (Å²) in [6, 6.07) is 0.593. The predicted octanol–water partition coefficient (Wildman–Crippen LogP) is 0.864. The van der Waals surface area contributed by atoms with Crippen molar-refractivity contribution in [3.05, 3.63) is 11.3 Å². The van der Waals surface area contributed by atoms with E-state index in [1.807, 2.05) is 0 Å². The fraction of sp³-hybridized carbons (Fsp3) is 0.800. The number of nitrogens with one attached hydrogen (secondary N) is 2. The van der Waals surface area contributed by atoms with E-state index in [4.69, 9.17) is 5.73 Å². The molecule has 0 unspecified atom stereocenters. The second kappa shape index (κ2) is 4.60. The Kier molecular flexibility index (Phi) is 3.08. The van der Waals surface area contributed by atoms with E-state index in [1.165, 1.54) is 44.2 Å². The van der Waals surface area contributed by atoms with Crippen LogP contribution < -0.4 is 16.0 Å². The highest BCUT2D eigenvalue weighted by atomic mass is 15.2. The molecule has 0 saturated heterocycles. The third-order valence-corrected chi connectivity index (χ3v) is 5.13. The van der Waals surface area contributed by atoms with E-state index >= 15 is 0 Å². The van der Waals surface area contributed by atoms with Gasteiger partial charge in [0.25, 0.3) is 0 Å². The predicted molar refractivity (Wildman–Crippen MR) is 73.6 cm³/mol. The Morgan fingerprint density at radius 2 is 2.22 bits per heavy atom. The van der Waals surface area contributed by atoms with Crippen molar-refractivity contribution < 1.29 is 4.99 Å². The van der Waals surface area contributed by atoms with Crippen molar-refractivity contribution in [2.45, 2.75) is 58.4 Å². The van der Waals surface area contributed by atoms with Gasteiger partial charge in [0.2, 0.25) is 0 Å². The standard InChI is InChI=1S/C15H25N3/c1-3-4-5-11-9(2)8-10-6-7-12-13(10)14(11)18-15(16)17-12/h9-10,12-13H,3-8H2,1-2H3,(H3,16,17,18)/p+1/t9-,10-,12-,13+/m0/s1. The molecule has 0 radical (unpaired) electrons. The Morgan fingerprint density at radius 3 is 3.00 bits per heavy atom. The van der Waals surface area contributed by atoms with Crippen molar-refractivity contribution in [3.8, 4) is 0 Å². The molecular weight excluding hydrogens is 222 g/mol. The summed E-state index contributed by atoms with van der Waals surface area (Å²) in [6.07, 6.45) is 7.87. The van der Waals surface area contributed by atoms with Gasteiger partial charge in [-0.05, 0) is 49.5 Å². The number of guanidine groups is 1. The van der Waals surface area contributed by atoms with Gasteiger partial charge in [-0.3, -0.25) is 10.7 Å². The van der Waals surface area contributed by atoms with Crippen LogP contribution in [0.25, 0.3) is 0 Å². The Morgan fingerprint density at radius 1 is 1.39 bits per heavy atom. The largest absolute Gasteiger partial charge is 0.346 e. The van der Waals surface area contributed by atoms with Crippen molar-refractivity contribution in [2.24, 2.45) is 23.5 Å². The summed E-state index contributed by atoms with van der Waals surface area (Å²) in [5, 5.41) is 3.47. The van der Waals surface area contributed by atoms with Gasteiger partial charge < -0.3 is 0 Å². The number of allylic oxidation sites excluding steroid dienone is 1. The van der Waals surface area contributed by atoms with Crippen LogP contribution in [0, 0.1) is 17.8 Å². The molecule has 1 fully saturated rings. The molecule has 2 aliphatic carbocycles. The Balaban J connectivity index is 1.96. The minimum atomic E-state index is 0.593. The number of rotatable bonds is 3. The van der Waals surface area contributed by atoms with Crippen LogP contribution in [-0.4, -0.2) is 12.0 Å². The van der Waals surface area contributed by atoms with Gasteiger partial charge >= 0.3 is 5.96 Å². The molecule has 0 aromatic carbocycles. The van der Waals surface area contributed by atoms with E-state index in [0.29, 0.717) is 12.0 Å². The topological polar surface area (TPSA) is 52.0 Å². The minimum Gasteiger partial charge on any atom is -0.291 e. The first kappa shape index (κ1) is 12.1. The van der Waals surface area contributed by atoms with Gasteiger partial charge in [-0.1, -0.05) is 20.3 Å². The molecule has 1 heterocycles. The monoisotopic (exact) mass is 248 g/mol. The van der Waals surface area contributed by atoms with E-state index in [0.717, 1.165) is 17.8 Å². The summed E-state index contributed by atoms with van der Waals surface area (Å²) in [5.41, 5.74) is 9.18. The molecular formula is C15H26N3+. The van der Waals surface area contributed by atoms with Crippen molar-refractivity contribution in [2.75, 3.05) is 0 Å². The summed E-state index contributed by atoms with van der Waals surface area (Å²) in [6.45, 7) is 4.68. The summed E-state index contributed by atoms with van der Waals surface area (Å²) in [4.78, 5) is 3.45. The van der Waals surface area contributed by atoms with Gasteiger partial charge in [-0.15, -0.1) is 0 Å². The average molecular weight is 248 g/mol. The van der Waals surface area contributed by atoms with Gasteiger partial charge in [-0.25, -0.2) is 5.32 Å². The number of hydrogen-bond acceptors (Lipinski definition) is 2. The molecule has 0 bridgehead atoms. The molecule has 4 atom stereocenters. The van der Waals surface area contributed by atoms with Crippen molar-refractivity contribution in [1.29, 1.82) is 0 Å². The van der Waals surface area contributed by atoms with Gasteiger partial charge in [0.1, 0.15) is 0 Å². The molecule has 0 amide bonds. The molecule has 1 aliphatic heterocycles. The molecule has 0 spiro atoms. The molecule has 3 aliphatic rings. The number of nitrogens with two attached hydrogens (primary N) is 1. The zero-order valence-electron chi connectivity index (χ0n) is 11.6. The lowest BCUT2D eigenvalue weighted by Gasteiger charge is -2.36. The summed E-state index contributed by atoms with van der Waals surface area (Å²) in [7, 11) is 0. The average Bonchev–Trinajstić information content (AvgIpc) is 2.72. The maximum atomic E-state index is 6.02. The fourth-order valence-corrected chi connectivity index (χ4v) is 4.31. The van der Waals surface area contributed by atoms with Crippen molar-refractivity contribution >= 4 is 5.96 Å². The second-order valence-electron chi connectivity index (χ2n) is 6.33. The normalized spacial score (nSPS) is 38.2. The van der Waals surface area contributed by atoms with Crippen LogP contribution in [0.15, 0.2) is 11.3 Å². The zero-order valence-corrected chi connectivity index (χ0v) is 11.6. The van der Waals surface area contributed by atoms with Gasteiger partial charge in [0.15, 0.2) is 0 Å². The highest BCUT2D eigenvalue weighted by Gasteiger charge is 2.47. The molecule has 1 saturated carbocycles. The van der Waals surface area contributed by atoms with Crippen molar-refractivity contribution in [3.63, 3.8) is 0 Å².